The fraction of sp³-hybridized carbons (Fsp3) is 1.00. The lowest BCUT2D eigenvalue weighted by molar-refractivity contribution is -0.316. The second-order valence-electron chi connectivity index (χ2n) is 11.9. The first-order chi connectivity index (χ1) is 20.0. The molecule has 15 atom stereocenters. The summed E-state index contributed by atoms with van der Waals surface area (Å²) in [4.78, 5) is 0. The van der Waals surface area contributed by atoms with Crippen LogP contribution in [-0.4, -0.2) is 135 Å². The van der Waals surface area contributed by atoms with Crippen LogP contribution in [0.3, 0.4) is 0 Å². The fourth-order valence-electron chi connectivity index (χ4n) is 5.82. The van der Waals surface area contributed by atoms with Crippen molar-refractivity contribution in [2.75, 3.05) is 18.1 Å². The molecule has 3 fully saturated rings. The van der Waals surface area contributed by atoms with Gasteiger partial charge in [-0.2, -0.15) is 11.8 Å². The number of hydrogen-bond donors (Lipinski definition) is 10. The van der Waals surface area contributed by atoms with Gasteiger partial charge in [0.2, 0.25) is 0 Å². The molecule has 42 heavy (non-hydrogen) atoms. The number of aliphatic hydroxyl groups is 5. The van der Waals surface area contributed by atoms with Gasteiger partial charge in [0, 0.05) is 18.6 Å². The van der Waals surface area contributed by atoms with Crippen molar-refractivity contribution < 1.29 is 44.5 Å². The van der Waals surface area contributed by atoms with Crippen LogP contribution in [-0.2, 0) is 18.9 Å². The molecule has 0 unspecified atom stereocenters. The van der Waals surface area contributed by atoms with E-state index in [1.807, 2.05) is 0 Å². The third kappa shape index (κ3) is 9.17. The fourth-order valence-corrected chi connectivity index (χ4v) is 6.83. The standard InChI is InChI=1S/C27H55N5O9S/c1-2-3-4-5-6-7-9-42-10-8-15-19(33)17(31)22(36)27(38-15)41-25-14(30)11-13(29)24(23(25)37)40-26-18(32)21(35)20(34)16(12-28)39-26/h13-27,33-37H,2-12,28-32H2,1H3/t13-,14+,15+,16+,17-,18+,19+,20+,21+,22+,23-,24+,25-,26+,27+/m0/s1. The first kappa shape index (κ1) is 36.3. The molecule has 0 radical (unpaired) electrons. The smallest absolute Gasteiger partial charge is 0.186 e. The van der Waals surface area contributed by atoms with Gasteiger partial charge in [0.1, 0.15) is 42.7 Å². The predicted octanol–water partition coefficient (Wildman–Crippen LogP) is -2.83. The molecule has 2 saturated heterocycles. The van der Waals surface area contributed by atoms with Gasteiger partial charge in [0.25, 0.3) is 0 Å². The predicted molar refractivity (Wildman–Crippen MR) is 158 cm³/mol. The number of rotatable bonds is 15. The van der Waals surface area contributed by atoms with Gasteiger partial charge in [0.15, 0.2) is 12.6 Å². The van der Waals surface area contributed by atoms with Gasteiger partial charge in [-0.25, -0.2) is 0 Å². The maximum Gasteiger partial charge on any atom is 0.186 e. The van der Waals surface area contributed by atoms with E-state index in [-0.39, 0.29) is 13.0 Å². The number of ether oxygens (including phenoxy) is 4. The monoisotopic (exact) mass is 625 g/mol. The quantitative estimate of drug-likeness (QED) is 0.0822. The second-order valence-corrected chi connectivity index (χ2v) is 13.1. The van der Waals surface area contributed by atoms with Crippen LogP contribution in [0, 0.1) is 0 Å². The summed E-state index contributed by atoms with van der Waals surface area (Å²) < 4.78 is 23.6. The largest absolute Gasteiger partial charge is 0.389 e. The average molecular weight is 626 g/mol. The zero-order chi connectivity index (χ0) is 31.0. The summed E-state index contributed by atoms with van der Waals surface area (Å²) in [6.07, 6.45) is -4.76. The molecule has 0 amide bonds. The van der Waals surface area contributed by atoms with Crippen molar-refractivity contribution in [1.29, 1.82) is 0 Å². The van der Waals surface area contributed by atoms with E-state index in [0.717, 1.165) is 17.9 Å². The molecular weight excluding hydrogens is 570 g/mol. The van der Waals surface area contributed by atoms with Gasteiger partial charge in [-0.1, -0.05) is 39.0 Å². The lowest BCUT2D eigenvalue weighted by Crippen LogP contribution is -2.69. The molecule has 1 aliphatic carbocycles. The molecule has 248 valence electrons. The van der Waals surface area contributed by atoms with Crippen LogP contribution in [0.25, 0.3) is 0 Å². The third-order valence-electron chi connectivity index (χ3n) is 8.57. The molecule has 1 saturated carbocycles. The van der Waals surface area contributed by atoms with Gasteiger partial charge >= 0.3 is 0 Å². The van der Waals surface area contributed by atoms with Crippen molar-refractivity contribution in [3.63, 3.8) is 0 Å². The topological polar surface area (TPSA) is 268 Å². The minimum absolute atomic E-state index is 0.0948. The summed E-state index contributed by atoms with van der Waals surface area (Å²) >= 11 is 1.78. The highest BCUT2D eigenvalue weighted by Gasteiger charge is 2.51. The number of nitrogens with two attached hydrogens (primary N) is 5. The number of hydrogen-bond acceptors (Lipinski definition) is 15. The number of thioether (sulfide) groups is 1. The van der Waals surface area contributed by atoms with Crippen molar-refractivity contribution in [3.8, 4) is 0 Å². The Morgan fingerprint density at radius 2 is 1.26 bits per heavy atom. The Balaban J connectivity index is 1.57. The molecular formula is C27H55N5O9S. The highest BCUT2D eigenvalue weighted by molar-refractivity contribution is 7.99. The second kappa shape index (κ2) is 17.5. The van der Waals surface area contributed by atoms with E-state index in [9.17, 15) is 25.5 Å². The Bertz CT molecular complexity index is 780. The maximum atomic E-state index is 11.3. The van der Waals surface area contributed by atoms with E-state index in [4.69, 9.17) is 47.6 Å². The molecule has 2 aliphatic heterocycles. The summed E-state index contributed by atoms with van der Waals surface area (Å²) in [6.45, 7) is 2.11. The molecule has 0 bridgehead atoms. The zero-order valence-electron chi connectivity index (χ0n) is 24.6. The molecule has 0 aromatic rings. The van der Waals surface area contributed by atoms with Crippen LogP contribution < -0.4 is 28.7 Å². The summed E-state index contributed by atoms with van der Waals surface area (Å²) in [5.74, 6) is 1.76. The maximum absolute atomic E-state index is 11.3. The van der Waals surface area contributed by atoms with Crippen LogP contribution in [0.15, 0.2) is 0 Å². The molecule has 2 heterocycles. The van der Waals surface area contributed by atoms with Crippen molar-refractivity contribution in [2.45, 2.75) is 150 Å². The van der Waals surface area contributed by atoms with E-state index in [1.165, 1.54) is 32.1 Å². The molecule has 3 rings (SSSR count). The lowest BCUT2D eigenvalue weighted by atomic mass is 9.84. The zero-order valence-corrected chi connectivity index (χ0v) is 25.4. The first-order valence-electron chi connectivity index (χ1n) is 15.3. The Morgan fingerprint density at radius 3 is 1.90 bits per heavy atom. The minimum Gasteiger partial charge on any atom is -0.389 e. The highest BCUT2D eigenvalue weighted by atomic mass is 32.2. The van der Waals surface area contributed by atoms with Gasteiger partial charge in [0.05, 0.1) is 24.3 Å². The van der Waals surface area contributed by atoms with E-state index >= 15 is 0 Å². The summed E-state index contributed by atoms with van der Waals surface area (Å²) in [5, 5.41) is 53.2. The highest BCUT2D eigenvalue weighted by Crippen LogP contribution is 2.31. The normalized spacial score (nSPS) is 44.8. The molecule has 15 heteroatoms. The Morgan fingerprint density at radius 1 is 0.667 bits per heavy atom. The number of aliphatic hydroxyl groups excluding tert-OH is 5. The van der Waals surface area contributed by atoms with Crippen LogP contribution in [0.4, 0.5) is 0 Å². The molecule has 3 aliphatic rings. The van der Waals surface area contributed by atoms with Crippen molar-refractivity contribution >= 4 is 11.8 Å². The van der Waals surface area contributed by atoms with Crippen LogP contribution in [0.1, 0.15) is 58.3 Å². The molecule has 0 aromatic carbocycles. The van der Waals surface area contributed by atoms with E-state index in [2.05, 4.69) is 6.92 Å². The van der Waals surface area contributed by atoms with E-state index in [1.54, 1.807) is 11.8 Å². The Labute approximate surface area is 252 Å². The summed E-state index contributed by atoms with van der Waals surface area (Å²) in [5.41, 5.74) is 30.4. The first-order valence-corrected chi connectivity index (χ1v) is 16.5. The van der Waals surface area contributed by atoms with Gasteiger partial charge in [-0.15, -0.1) is 0 Å². The van der Waals surface area contributed by atoms with E-state index in [0.29, 0.717) is 6.42 Å². The van der Waals surface area contributed by atoms with Crippen LogP contribution >= 0.6 is 11.8 Å². The van der Waals surface area contributed by atoms with Gasteiger partial charge in [-0.3, -0.25) is 0 Å². The van der Waals surface area contributed by atoms with Crippen LogP contribution in [0.5, 0.6) is 0 Å². The molecule has 0 spiro atoms. The molecule has 15 N–H and O–H groups in total. The van der Waals surface area contributed by atoms with Crippen molar-refractivity contribution in [1.82, 2.24) is 0 Å². The number of unbranched alkanes of at least 4 members (excludes halogenated alkanes) is 5. The van der Waals surface area contributed by atoms with Gasteiger partial charge < -0.3 is 73.1 Å². The molecule has 14 nitrogen and oxygen atoms in total. The minimum atomic E-state index is -1.40. The van der Waals surface area contributed by atoms with Crippen molar-refractivity contribution in [2.24, 2.45) is 28.7 Å². The molecule has 0 aromatic heterocycles. The third-order valence-corrected chi connectivity index (χ3v) is 9.67. The summed E-state index contributed by atoms with van der Waals surface area (Å²) in [6, 6.07) is -3.66. The Kier molecular flexibility index (Phi) is 15.1. The summed E-state index contributed by atoms with van der Waals surface area (Å²) in [7, 11) is 0. The Hall–Kier alpha value is -0.210. The van der Waals surface area contributed by atoms with E-state index < -0.39 is 91.7 Å². The lowest BCUT2D eigenvalue weighted by Gasteiger charge is -2.48. The van der Waals surface area contributed by atoms with Gasteiger partial charge in [-0.05, 0) is 30.8 Å². The van der Waals surface area contributed by atoms with Crippen molar-refractivity contribution in [3.05, 3.63) is 0 Å². The SMILES string of the molecule is CCCCCCCCSCC[C@H]1O[C@H](O[C@@H]2[C@@H](O)[C@H](O[C@H]3O[C@H](CN)[C@@H](O)[C@H](O)[C@H]3N)[C@@H](N)C[C@H]2N)[C@H](O)[C@@H](N)[C@@H]1O. The average Bonchev–Trinajstić information content (AvgIpc) is 2.96. The van der Waals surface area contributed by atoms with Crippen LogP contribution in [0.2, 0.25) is 0 Å².